The van der Waals surface area contributed by atoms with Gasteiger partial charge in [-0.15, -0.1) is 0 Å². The Labute approximate surface area is 103 Å². The third-order valence-corrected chi connectivity index (χ3v) is 2.74. The fraction of sp³-hybridized carbons (Fsp3) is 0.571. The number of rotatable bonds is 5. The molecule has 1 aromatic carbocycles. The van der Waals surface area contributed by atoms with Gasteiger partial charge in [0.1, 0.15) is 0 Å². The van der Waals surface area contributed by atoms with Crippen LogP contribution in [0.15, 0.2) is 18.2 Å². The number of nitrogens with two attached hydrogens (primary N) is 1. The van der Waals surface area contributed by atoms with E-state index >= 15 is 0 Å². The van der Waals surface area contributed by atoms with Gasteiger partial charge in [-0.2, -0.15) is 0 Å². The first-order valence-corrected chi connectivity index (χ1v) is 6.11. The first kappa shape index (κ1) is 12.2. The Kier molecular flexibility index (Phi) is 3.29. The van der Waals surface area contributed by atoms with Crippen molar-refractivity contribution in [2.24, 2.45) is 5.73 Å². The van der Waals surface area contributed by atoms with E-state index in [-0.39, 0.29) is 5.54 Å². The highest BCUT2D eigenvalue weighted by atomic mass is 16.5. The number of hydrogen-bond acceptors (Lipinski definition) is 3. The van der Waals surface area contributed by atoms with Crippen molar-refractivity contribution in [3.05, 3.63) is 23.8 Å². The monoisotopic (exact) mass is 235 g/mol. The summed E-state index contributed by atoms with van der Waals surface area (Å²) >= 11 is 0. The van der Waals surface area contributed by atoms with E-state index in [4.69, 9.17) is 15.2 Å². The fourth-order valence-electron chi connectivity index (χ4n) is 1.84. The lowest BCUT2D eigenvalue weighted by Crippen LogP contribution is -2.34. The summed E-state index contributed by atoms with van der Waals surface area (Å²) in [6, 6.07) is 5.99. The molecule has 1 saturated carbocycles. The molecule has 2 rings (SSSR count). The minimum Gasteiger partial charge on any atom is -0.493 e. The van der Waals surface area contributed by atoms with Crippen LogP contribution in [0.25, 0.3) is 0 Å². The van der Waals surface area contributed by atoms with Gasteiger partial charge in [-0.05, 0) is 44.7 Å². The maximum Gasteiger partial charge on any atom is 0.164 e. The van der Waals surface area contributed by atoms with Gasteiger partial charge < -0.3 is 15.2 Å². The predicted molar refractivity (Wildman–Crippen MR) is 68.6 cm³/mol. The summed E-state index contributed by atoms with van der Waals surface area (Å²) in [5, 5.41) is 0. The molecular formula is C14H21NO2. The second-order valence-corrected chi connectivity index (χ2v) is 5.43. The molecule has 17 heavy (non-hydrogen) atoms. The van der Waals surface area contributed by atoms with Crippen molar-refractivity contribution in [3.63, 3.8) is 0 Å². The second-order valence-electron chi connectivity index (χ2n) is 5.43. The van der Waals surface area contributed by atoms with Gasteiger partial charge in [0, 0.05) is 5.54 Å². The number of hydrogen-bond donors (Lipinski definition) is 1. The molecule has 0 saturated heterocycles. The molecule has 3 heteroatoms. The van der Waals surface area contributed by atoms with E-state index < -0.39 is 0 Å². The van der Waals surface area contributed by atoms with Crippen LogP contribution < -0.4 is 15.2 Å². The Morgan fingerprint density at radius 2 is 2.06 bits per heavy atom. The van der Waals surface area contributed by atoms with Gasteiger partial charge >= 0.3 is 0 Å². The summed E-state index contributed by atoms with van der Waals surface area (Å²) in [5.74, 6) is 1.68. The van der Waals surface area contributed by atoms with E-state index in [9.17, 15) is 0 Å². The Morgan fingerprint density at radius 1 is 1.35 bits per heavy atom. The van der Waals surface area contributed by atoms with Crippen LogP contribution >= 0.6 is 0 Å². The molecule has 94 valence electrons. The van der Waals surface area contributed by atoms with Gasteiger partial charge in [0.05, 0.1) is 13.2 Å². The number of benzene rings is 1. The molecule has 0 aliphatic heterocycles. The van der Waals surface area contributed by atoms with Gasteiger partial charge in [-0.25, -0.2) is 0 Å². The molecule has 3 nitrogen and oxygen atoms in total. The van der Waals surface area contributed by atoms with Crippen molar-refractivity contribution in [2.45, 2.75) is 44.8 Å². The minimum atomic E-state index is -0.242. The largest absolute Gasteiger partial charge is 0.493 e. The summed E-state index contributed by atoms with van der Waals surface area (Å²) in [5.41, 5.74) is 6.96. The summed E-state index contributed by atoms with van der Waals surface area (Å²) in [6.45, 7) is 4.04. The van der Waals surface area contributed by atoms with Crippen molar-refractivity contribution in [2.75, 3.05) is 7.11 Å². The third-order valence-electron chi connectivity index (χ3n) is 2.74. The molecule has 0 amide bonds. The normalized spacial score (nSPS) is 15.8. The van der Waals surface area contributed by atoms with Crippen LogP contribution in [0.2, 0.25) is 0 Å². The van der Waals surface area contributed by atoms with Gasteiger partial charge in [-0.1, -0.05) is 12.1 Å². The van der Waals surface area contributed by atoms with Crippen molar-refractivity contribution in [3.8, 4) is 11.5 Å². The van der Waals surface area contributed by atoms with Gasteiger partial charge in [0.2, 0.25) is 0 Å². The number of methoxy groups -OCH3 is 1. The van der Waals surface area contributed by atoms with Gasteiger partial charge in [0.15, 0.2) is 11.5 Å². The Morgan fingerprint density at radius 3 is 2.59 bits per heavy atom. The molecule has 1 aliphatic rings. The van der Waals surface area contributed by atoms with E-state index in [2.05, 4.69) is 6.07 Å². The molecule has 1 fully saturated rings. The quantitative estimate of drug-likeness (QED) is 0.853. The highest BCUT2D eigenvalue weighted by Gasteiger charge is 2.27. The van der Waals surface area contributed by atoms with E-state index in [1.54, 1.807) is 7.11 Å². The summed E-state index contributed by atoms with van der Waals surface area (Å²) in [4.78, 5) is 0. The SMILES string of the molecule is COc1cccc(CC(C)(C)N)c1OC1CC1. The standard InChI is InChI=1S/C14H21NO2/c1-14(2,15)9-10-5-4-6-12(16-3)13(10)17-11-7-8-11/h4-6,11H,7-9,15H2,1-3H3. The van der Waals surface area contributed by atoms with Crippen LogP contribution in [0, 0.1) is 0 Å². The average Bonchev–Trinajstić information content (AvgIpc) is 3.02. The Hall–Kier alpha value is -1.22. The number of para-hydroxylation sites is 1. The molecule has 2 N–H and O–H groups in total. The van der Waals surface area contributed by atoms with Crippen LogP contribution in [-0.2, 0) is 6.42 Å². The highest BCUT2D eigenvalue weighted by Crippen LogP contribution is 2.37. The molecule has 0 aromatic heterocycles. The third kappa shape index (κ3) is 3.37. The van der Waals surface area contributed by atoms with E-state index in [0.29, 0.717) is 6.10 Å². The lowest BCUT2D eigenvalue weighted by atomic mass is 9.95. The van der Waals surface area contributed by atoms with Crippen LogP contribution in [0.3, 0.4) is 0 Å². The molecule has 0 unspecified atom stereocenters. The zero-order valence-electron chi connectivity index (χ0n) is 10.8. The maximum atomic E-state index is 6.08. The molecule has 0 radical (unpaired) electrons. The Balaban J connectivity index is 2.28. The van der Waals surface area contributed by atoms with Gasteiger partial charge in [0.25, 0.3) is 0 Å². The van der Waals surface area contributed by atoms with E-state index in [0.717, 1.165) is 36.3 Å². The molecular weight excluding hydrogens is 214 g/mol. The molecule has 0 atom stereocenters. The molecule has 0 bridgehead atoms. The predicted octanol–water partition coefficient (Wildman–Crippen LogP) is 2.52. The van der Waals surface area contributed by atoms with Crippen LogP contribution in [-0.4, -0.2) is 18.8 Å². The topological polar surface area (TPSA) is 44.5 Å². The maximum absolute atomic E-state index is 6.08. The zero-order valence-corrected chi connectivity index (χ0v) is 10.8. The van der Waals surface area contributed by atoms with Crippen molar-refractivity contribution >= 4 is 0 Å². The smallest absolute Gasteiger partial charge is 0.164 e. The average molecular weight is 235 g/mol. The highest BCUT2D eigenvalue weighted by molar-refractivity contribution is 5.47. The van der Waals surface area contributed by atoms with Crippen molar-refractivity contribution < 1.29 is 9.47 Å². The fourth-order valence-corrected chi connectivity index (χ4v) is 1.84. The summed E-state index contributed by atoms with van der Waals surface area (Å²) < 4.78 is 11.3. The van der Waals surface area contributed by atoms with Crippen LogP contribution in [0.4, 0.5) is 0 Å². The molecule has 1 aliphatic carbocycles. The summed E-state index contributed by atoms with van der Waals surface area (Å²) in [7, 11) is 1.67. The van der Waals surface area contributed by atoms with Gasteiger partial charge in [-0.3, -0.25) is 0 Å². The first-order chi connectivity index (χ1) is 7.99. The zero-order chi connectivity index (χ0) is 12.5. The molecule has 0 spiro atoms. The van der Waals surface area contributed by atoms with Crippen LogP contribution in [0.5, 0.6) is 11.5 Å². The second kappa shape index (κ2) is 4.57. The Bertz CT molecular complexity index is 392. The summed E-state index contributed by atoms with van der Waals surface area (Å²) in [6.07, 6.45) is 3.44. The minimum absolute atomic E-state index is 0.242. The molecule has 0 heterocycles. The van der Waals surface area contributed by atoms with Crippen LogP contribution in [0.1, 0.15) is 32.3 Å². The van der Waals surface area contributed by atoms with E-state index in [1.807, 2.05) is 26.0 Å². The lowest BCUT2D eigenvalue weighted by Gasteiger charge is -2.21. The molecule has 1 aromatic rings. The lowest BCUT2D eigenvalue weighted by molar-refractivity contribution is 0.277. The van der Waals surface area contributed by atoms with Crippen molar-refractivity contribution in [1.29, 1.82) is 0 Å². The number of ether oxygens (including phenoxy) is 2. The van der Waals surface area contributed by atoms with E-state index in [1.165, 1.54) is 0 Å². The van der Waals surface area contributed by atoms with Crippen molar-refractivity contribution in [1.82, 2.24) is 0 Å². The first-order valence-electron chi connectivity index (χ1n) is 6.11.